The van der Waals surface area contributed by atoms with Crippen molar-refractivity contribution < 1.29 is 0 Å². The Bertz CT molecular complexity index is 2770. The highest BCUT2D eigenvalue weighted by Gasteiger charge is 2.20. The molecule has 44 heavy (non-hydrogen) atoms. The molecule has 0 aliphatic rings. The van der Waals surface area contributed by atoms with E-state index in [9.17, 15) is 0 Å². The minimum Gasteiger partial charge on any atom is -0.309 e. The van der Waals surface area contributed by atoms with Crippen molar-refractivity contribution in [2.75, 3.05) is 0 Å². The van der Waals surface area contributed by atoms with Gasteiger partial charge in [0.2, 0.25) is 0 Å². The molecule has 0 N–H and O–H groups in total. The molecule has 0 aliphatic carbocycles. The van der Waals surface area contributed by atoms with Crippen LogP contribution in [-0.4, -0.2) is 9.55 Å². The molecular formula is C41H24N2S. The van der Waals surface area contributed by atoms with Crippen molar-refractivity contribution in [3.8, 4) is 16.8 Å². The summed E-state index contributed by atoms with van der Waals surface area (Å²) in [5, 5.41) is 11.3. The summed E-state index contributed by atoms with van der Waals surface area (Å²) in [6, 6.07) is 50.8. The van der Waals surface area contributed by atoms with Crippen LogP contribution < -0.4 is 0 Å². The van der Waals surface area contributed by atoms with Crippen molar-refractivity contribution in [3.63, 3.8) is 0 Å². The van der Waals surface area contributed by atoms with Crippen LogP contribution in [0.25, 0.3) is 91.2 Å². The molecule has 0 saturated heterocycles. The monoisotopic (exact) mass is 576 g/mol. The Morgan fingerprint density at radius 1 is 0.455 bits per heavy atom. The molecule has 3 heterocycles. The summed E-state index contributed by atoms with van der Waals surface area (Å²) < 4.78 is 5.04. The van der Waals surface area contributed by atoms with Crippen molar-refractivity contribution in [2.45, 2.75) is 0 Å². The van der Waals surface area contributed by atoms with Gasteiger partial charge >= 0.3 is 0 Å². The number of hydrogen-bond acceptors (Lipinski definition) is 2. The van der Waals surface area contributed by atoms with Crippen LogP contribution in [0.15, 0.2) is 146 Å². The van der Waals surface area contributed by atoms with Crippen molar-refractivity contribution in [1.29, 1.82) is 0 Å². The molecule has 2 nitrogen and oxygen atoms in total. The number of nitrogens with zero attached hydrogens (tertiary/aromatic N) is 2. The van der Waals surface area contributed by atoms with E-state index in [0.717, 1.165) is 5.52 Å². The summed E-state index contributed by atoms with van der Waals surface area (Å²) >= 11 is 1.88. The lowest BCUT2D eigenvalue weighted by atomic mass is 9.90. The van der Waals surface area contributed by atoms with Crippen molar-refractivity contribution in [3.05, 3.63) is 146 Å². The van der Waals surface area contributed by atoms with Crippen LogP contribution in [0, 0.1) is 0 Å². The highest BCUT2D eigenvalue weighted by molar-refractivity contribution is 7.25. The second-order valence-corrected chi connectivity index (χ2v) is 12.6. The fourth-order valence-electron chi connectivity index (χ4n) is 7.31. The number of rotatable bonds is 2. The first kappa shape index (κ1) is 24.0. The zero-order valence-corrected chi connectivity index (χ0v) is 24.5. The molecule has 0 saturated carbocycles. The largest absolute Gasteiger partial charge is 0.309 e. The van der Waals surface area contributed by atoms with Gasteiger partial charge in [-0.1, -0.05) is 84.9 Å². The Kier molecular flexibility index (Phi) is 4.90. The minimum absolute atomic E-state index is 1.02. The fourth-order valence-corrected chi connectivity index (χ4v) is 8.45. The van der Waals surface area contributed by atoms with Crippen LogP contribution in [0.5, 0.6) is 0 Å². The van der Waals surface area contributed by atoms with E-state index in [2.05, 4.69) is 150 Å². The number of benzene rings is 7. The van der Waals surface area contributed by atoms with E-state index in [-0.39, 0.29) is 0 Å². The maximum Gasteiger partial charge on any atom is 0.0708 e. The van der Waals surface area contributed by atoms with E-state index in [4.69, 9.17) is 4.98 Å². The first-order valence-electron chi connectivity index (χ1n) is 15.0. The maximum atomic E-state index is 5.00. The van der Waals surface area contributed by atoms with Crippen LogP contribution in [0.3, 0.4) is 0 Å². The van der Waals surface area contributed by atoms with E-state index in [1.807, 2.05) is 11.3 Å². The van der Waals surface area contributed by atoms with Crippen LogP contribution in [0.2, 0.25) is 0 Å². The predicted octanol–water partition coefficient (Wildman–Crippen LogP) is 11.7. The Balaban J connectivity index is 1.40. The summed E-state index contributed by atoms with van der Waals surface area (Å²) in [5.41, 5.74) is 7.05. The summed E-state index contributed by atoms with van der Waals surface area (Å²) in [4.78, 5) is 5.00. The third-order valence-electron chi connectivity index (χ3n) is 9.19. The van der Waals surface area contributed by atoms with Gasteiger partial charge in [0.15, 0.2) is 0 Å². The Morgan fingerprint density at radius 3 is 2.11 bits per heavy atom. The first-order valence-corrected chi connectivity index (χ1v) is 15.8. The molecule has 0 atom stereocenters. The fraction of sp³-hybridized carbons (Fsp3) is 0. The average Bonchev–Trinajstić information content (AvgIpc) is 3.62. The number of thiophene rings is 1. The van der Waals surface area contributed by atoms with Gasteiger partial charge in [-0.15, -0.1) is 11.3 Å². The molecule has 0 bridgehead atoms. The third-order valence-corrected chi connectivity index (χ3v) is 10.3. The van der Waals surface area contributed by atoms with E-state index < -0.39 is 0 Å². The second-order valence-electron chi connectivity index (χ2n) is 11.5. The summed E-state index contributed by atoms with van der Waals surface area (Å²) in [6.45, 7) is 0. The number of aromatic nitrogens is 2. The molecule has 0 spiro atoms. The van der Waals surface area contributed by atoms with Gasteiger partial charge in [-0.25, -0.2) is 0 Å². The SMILES string of the molecule is c1ccc(-n2c3ccccc3c3c(-c4cc5cc6sc7ccccc7c6cc5c5c4cnc4ccccc45)cccc32)cc1. The van der Waals surface area contributed by atoms with Crippen LogP contribution in [0.1, 0.15) is 0 Å². The number of fused-ring (bicyclic) bond motifs is 11. The lowest BCUT2D eigenvalue weighted by Gasteiger charge is -2.15. The molecule has 204 valence electrons. The standard InChI is InChI=1S/C41H24N2S/c1-2-11-26(12-3-1)43-36-18-8-5-15-30(36)41-28(16-10-19-37(41)43)32-21-25-22-39-33(27-13-6-9-20-38(27)44-39)23-31(25)40-29-14-4-7-17-35(29)42-24-34(32)40/h1-24H. The van der Waals surface area contributed by atoms with E-state index >= 15 is 0 Å². The van der Waals surface area contributed by atoms with E-state index in [1.54, 1.807) is 0 Å². The van der Waals surface area contributed by atoms with E-state index in [0.29, 0.717) is 0 Å². The number of hydrogen-bond donors (Lipinski definition) is 0. The average molecular weight is 577 g/mol. The van der Waals surface area contributed by atoms with Crippen LogP contribution >= 0.6 is 11.3 Å². The second kappa shape index (κ2) is 9.00. The van der Waals surface area contributed by atoms with Gasteiger partial charge in [0.05, 0.1) is 16.6 Å². The smallest absolute Gasteiger partial charge is 0.0708 e. The third kappa shape index (κ3) is 3.27. The number of pyridine rings is 1. The summed E-state index contributed by atoms with van der Waals surface area (Å²) in [5.74, 6) is 0. The van der Waals surface area contributed by atoms with Crippen LogP contribution in [0.4, 0.5) is 0 Å². The van der Waals surface area contributed by atoms with Gasteiger partial charge in [0.25, 0.3) is 0 Å². The quantitative estimate of drug-likeness (QED) is 0.187. The zero-order valence-electron chi connectivity index (χ0n) is 23.7. The molecule has 10 aromatic rings. The molecule has 0 fully saturated rings. The highest BCUT2D eigenvalue weighted by atomic mass is 32.1. The Hall–Kier alpha value is -5.51. The molecule has 3 aromatic heterocycles. The minimum atomic E-state index is 1.02. The van der Waals surface area contributed by atoms with Crippen LogP contribution in [-0.2, 0) is 0 Å². The molecule has 0 amide bonds. The van der Waals surface area contributed by atoms with Gasteiger partial charge in [0, 0.05) is 59.0 Å². The lowest BCUT2D eigenvalue weighted by Crippen LogP contribution is -1.93. The number of para-hydroxylation sites is 3. The van der Waals surface area contributed by atoms with Gasteiger partial charge in [-0.2, -0.15) is 0 Å². The normalized spacial score (nSPS) is 12.1. The first-order chi connectivity index (χ1) is 21.8. The predicted molar refractivity (Wildman–Crippen MR) is 189 cm³/mol. The Labute approximate surface area is 257 Å². The molecule has 7 aromatic carbocycles. The lowest BCUT2D eigenvalue weighted by molar-refractivity contribution is 1.18. The van der Waals surface area contributed by atoms with Gasteiger partial charge < -0.3 is 4.57 Å². The van der Waals surface area contributed by atoms with Crippen molar-refractivity contribution in [2.24, 2.45) is 0 Å². The van der Waals surface area contributed by atoms with Crippen molar-refractivity contribution >= 4 is 85.8 Å². The Morgan fingerprint density at radius 2 is 1.20 bits per heavy atom. The van der Waals surface area contributed by atoms with Crippen molar-refractivity contribution in [1.82, 2.24) is 9.55 Å². The molecule has 0 unspecified atom stereocenters. The highest BCUT2D eigenvalue weighted by Crippen LogP contribution is 2.45. The summed E-state index contributed by atoms with van der Waals surface area (Å²) in [7, 11) is 0. The summed E-state index contributed by atoms with van der Waals surface area (Å²) in [6.07, 6.45) is 2.09. The zero-order chi connectivity index (χ0) is 28.8. The van der Waals surface area contributed by atoms with Gasteiger partial charge in [-0.05, 0) is 76.5 Å². The molecule has 0 aliphatic heterocycles. The van der Waals surface area contributed by atoms with Gasteiger partial charge in [0.1, 0.15) is 0 Å². The molecule has 10 rings (SSSR count). The molecule has 0 radical (unpaired) electrons. The molecule has 3 heteroatoms. The maximum absolute atomic E-state index is 5.00. The van der Waals surface area contributed by atoms with E-state index in [1.165, 1.54) is 85.7 Å². The molecular weight excluding hydrogens is 553 g/mol. The van der Waals surface area contributed by atoms with Gasteiger partial charge in [-0.3, -0.25) is 4.98 Å². The topological polar surface area (TPSA) is 17.8 Å².